The average Bonchev–Trinajstić information content (AvgIpc) is 2.78. The standard InChI is InChI=1S/C21H32O/c1-4-14-13-18-16-9-8-15-7-5-6-11-20(15,2)17(16)10-12-21(18,3)19(14)22/h5-6,14-18H,4,7-13H2,1-3H3/t14-,15?,16?,17?,18?,20?,21?/m1/s1. The molecule has 4 aliphatic carbocycles. The lowest BCUT2D eigenvalue weighted by Gasteiger charge is -2.58. The first-order valence-electron chi connectivity index (χ1n) is 9.70. The zero-order chi connectivity index (χ0) is 15.5. The number of ketones is 1. The molecule has 0 aromatic carbocycles. The molecule has 0 spiro atoms. The van der Waals surface area contributed by atoms with Gasteiger partial charge in [-0.15, -0.1) is 0 Å². The Labute approximate surface area is 135 Å². The highest BCUT2D eigenvalue weighted by Gasteiger charge is 2.61. The van der Waals surface area contributed by atoms with Gasteiger partial charge in [0.2, 0.25) is 0 Å². The van der Waals surface area contributed by atoms with Crippen LogP contribution in [0.5, 0.6) is 0 Å². The number of fused-ring (bicyclic) bond motifs is 5. The van der Waals surface area contributed by atoms with Crippen LogP contribution in [0.25, 0.3) is 0 Å². The zero-order valence-electron chi connectivity index (χ0n) is 14.6. The van der Waals surface area contributed by atoms with Gasteiger partial charge in [-0.25, -0.2) is 0 Å². The fourth-order valence-electron chi connectivity index (χ4n) is 7.13. The van der Waals surface area contributed by atoms with Crippen LogP contribution in [0.3, 0.4) is 0 Å². The number of Topliss-reactive ketones (excluding diaryl/α,β-unsaturated/α-hetero) is 1. The van der Waals surface area contributed by atoms with E-state index in [1.807, 2.05) is 0 Å². The van der Waals surface area contributed by atoms with Crippen molar-refractivity contribution in [2.45, 2.75) is 72.1 Å². The van der Waals surface area contributed by atoms with Crippen molar-refractivity contribution >= 4 is 5.78 Å². The Balaban J connectivity index is 1.67. The van der Waals surface area contributed by atoms with E-state index in [4.69, 9.17) is 0 Å². The molecule has 0 aromatic heterocycles. The molecule has 22 heavy (non-hydrogen) atoms. The van der Waals surface area contributed by atoms with Gasteiger partial charge in [0.1, 0.15) is 5.78 Å². The van der Waals surface area contributed by atoms with Crippen molar-refractivity contribution in [3.8, 4) is 0 Å². The van der Waals surface area contributed by atoms with E-state index in [2.05, 4.69) is 32.9 Å². The molecule has 0 saturated heterocycles. The second kappa shape index (κ2) is 4.95. The van der Waals surface area contributed by atoms with Crippen LogP contribution in [-0.4, -0.2) is 5.78 Å². The van der Waals surface area contributed by atoms with Crippen LogP contribution in [-0.2, 0) is 4.79 Å². The Bertz CT molecular complexity index is 506. The van der Waals surface area contributed by atoms with Gasteiger partial charge in [0.15, 0.2) is 0 Å². The van der Waals surface area contributed by atoms with Gasteiger partial charge in [-0.1, -0.05) is 32.9 Å². The highest BCUT2D eigenvalue weighted by molar-refractivity contribution is 5.89. The SMILES string of the molecule is CC[C@@H]1CC2C3CCC4CC=CCC4(C)C3CCC2(C)C1=O. The van der Waals surface area contributed by atoms with E-state index in [9.17, 15) is 4.79 Å². The number of hydrogen-bond donors (Lipinski definition) is 0. The zero-order valence-corrected chi connectivity index (χ0v) is 14.6. The molecule has 0 aromatic rings. The van der Waals surface area contributed by atoms with E-state index in [0.717, 1.165) is 24.2 Å². The predicted octanol–water partition coefficient (Wildman–Crippen LogP) is 5.40. The van der Waals surface area contributed by atoms with Crippen molar-refractivity contribution < 1.29 is 4.79 Å². The molecule has 4 aliphatic rings. The molecular weight excluding hydrogens is 268 g/mol. The van der Waals surface area contributed by atoms with Crippen LogP contribution in [0.15, 0.2) is 12.2 Å². The molecule has 0 amide bonds. The Morgan fingerprint density at radius 3 is 2.73 bits per heavy atom. The van der Waals surface area contributed by atoms with Crippen molar-refractivity contribution in [2.75, 3.05) is 0 Å². The average molecular weight is 300 g/mol. The van der Waals surface area contributed by atoms with Gasteiger partial charge in [-0.05, 0) is 80.5 Å². The van der Waals surface area contributed by atoms with Gasteiger partial charge in [-0.3, -0.25) is 4.79 Å². The van der Waals surface area contributed by atoms with Gasteiger partial charge in [-0.2, -0.15) is 0 Å². The second-order valence-electron chi connectivity index (χ2n) is 9.23. The summed E-state index contributed by atoms with van der Waals surface area (Å²) in [7, 11) is 0. The summed E-state index contributed by atoms with van der Waals surface area (Å²) in [5.41, 5.74) is 0.544. The number of rotatable bonds is 1. The van der Waals surface area contributed by atoms with Crippen LogP contribution in [0.1, 0.15) is 72.1 Å². The summed E-state index contributed by atoms with van der Waals surface area (Å²) in [6.45, 7) is 7.11. The highest BCUT2D eigenvalue weighted by atomic mass is 16.1. The molecule has 6 unspecified atom stereocenters. The molecule has 0 bridgehead atoms. The molecule has 122 valence electrons. The Morgan fingerprint density at radius 2 is 1.95 bits per heavy atom. The predicted molar refractivity (Wildman–Crippen MR) is 90.4 cm³/mol. The maximum atomic E-state index is 12.9. The first-order chi connectivity index (χ1) is 10.5. The van der Waals surface area contributed by atoms with Crippen LogP contribution in [0.2, 0.25) is 0 Å². The third kappa shape index (κ3) is 1.80. The summed E-state index contributed by atoms with van der Waals surface area (Å²) in [4.78, 5) is 12.9. The molecule has 3 saturated carbocycles. The third-order valence-corrected chi connectivity index (χ3v) is 8.56. The monoisotopic (exact) mass is 300 g/mol. The summed E-state index contributed by atoms with van der Waals surface area (Å²) >= 11 is 0. The number of hydrogen-bond acceptors (Lipinski definition) is 1. The van der Waals surface area contributed by atoms with Crippen molar-refractivity contribution in [3.63, 3.8) is 0 Å². The summed E-state index contributed by atoms with van der Waals surface area (Å²) in [5, 5.41) is 0. The van der Waals surface area contributed by atoms with Crippen molar-refractivity contribution in [1.29, 1.82) is 0 Å². The summed E-state index contributed by atoms with van der Waals surface area (Å²) in [6.07, 6.45) is 15.0. The molecule has 0 aliphatic heterocycles. The Kier molecular flexibility index (Phi) is 3.37. The molecule has 4 rings (SSSR count). The molecule has 0 N–H and O–H groups in total. The van der Waals surface area contributed by atoms with Crippen molar-refractivity contribution in [1.82, 2.24) is 0 Å². The second-order valence-corrected chi connectivity index (χ2v) is 9.23. The minimum Gasteiger partial charge on any atom is -0.299 e. The summed E-state index contributed by atoms with van der Waals surface area (Å²) in [6, 6.07) is 0. The lowest BCUT2D eigenvalue weighted by Crippen LogP contribution is -2.52. The van der Waals surface area contributed by atoms with Gasteiger partial charge in [0, 0.05) is 11.3 Å². The molecule has 7 atom stereocenters. The molecule has 1 nitrogen and oxygen atoms in total. The maximum Gasteiger partial charge on any atom is 0.142 e. The van der Waals surface area contributed by atoms with E-state index in [1.165, 1.54) is 44.9 Å². The number of carbonyl (C=O) groups excluding carboxylic acids is 1. The largest absolute Gasteiger partial charge is 0.299 e. The quantitative estimate of drug-likeness (QED) is 0.592. The fourth-order valence-corrected chi connectivity index (χ4v) is 7.13. The number of allylic oxidation sites excluding steroid dienone is 2. The van der Waals surface area contributed by atoms with Gasteiger partial charge in [0.25, 0.3) is 0 Å². The maximum absolute atomic E-state index is 12.9. The minimum atomic E-state index is 0.0234. The van der Waals surface area contributed by atoms with Gasteiger partial charge < -0.3 is 0 Å². The van der Waals surface area contributed by atoms with Crippen LogP contribution in [0.4, 0.5) is 0 Å². The molecule has 3 fully saturated rings. The topological polar surface area (TPSA) is 17.1 Å². The van der Waals surface area contributed by atoms with Crippen LogP contribution in [0, 0.1) is 40.4 Å². The molecule has 0 heterocycles. The van der Waals surface area contributed by atoms with Crippen LogP contribution < -0.4 is 0 Å². The smallest absolute Gasteiger partial charge is 0.142 e. The van der Waals surface area contributed by atoms with E-state index in [-0.39, 0.29) is 5.41 Å². The van der Waals surface area contributed by atoms with Crippen molar-refractivity contribution in [2.24, 2.45) is 40.4 Å². The molecule has 0 radical (unpaired) electrons. The van der Waals surface area contributed by atoms with E-state index < -0.39 is 0 Å². The third-order valence-electron chi connectivity index (χ3n) is 8.56. The van der Waals surface area contributed by atoms with Crippen LogP contribution >= 0.6 is 0 Å². The fraction of sp³-hybridized carbons (Fsp3) is 0.857. The molecular formula is C21H32O. The van der Waals surface area contributed by atoms with Gasteiger partial charge in [0.05, 0.1) is 0 Å². The highest BCUT2D eigenvalue weighted by Crippen LogP contribution is 2.65. The summed E-state index contributed by atoms with van der Waals surface area (Å²) < 4.78 is 0. The first-order valence-corrected chi connectivity index (χ1v) is 9.70. The lowest BCUT2D eigenvalue weighted by atomic mass is 9.46. The molecule has 1 heteroatoms. The first kappa shape index (κ1) is 15.0. The Morgan fingerprint density at radius 1 is 1.14 bits per heavy atom. The lowest BCUT2D eigenvalue weighted by molar-refractivity contribution is -0.138. The van der Waals surface area contributed by atoms with Gasteiger partial charge >= 0.3 is 0 Å². The van der Waals surface area contributed by atoms with E-state index >= 15 is 0 Å². The normalized spacial score (nSPS) is 53.8. The van der Waals surface area contributed by atoms with E-state index in [1.54, 1.807) is 0 Å². The Hall–Kier alpha value is -0.590. The van der Waals surface area contributed by atoms with E-state index in [0.29, 0.717) is 23.0 Å². The number of carbonyl (C=O) groups is 1. The van der Waals surface area contributed by atoms with Crippen molar-refractivity contribution in [3.05, 3.63) is 12.2 Å². The minimum absolute atomic E-state index is 0.0234. The summed E-state index contributed by atoms with van der Waals surface area (Å²) in [5.74, 6) is 4.28.